The van der Waals surface area contributed by atoms with E-state index < -0.39 is 10.2 Å². The van der Waals surface area contributed by atoms with Crippen LogP contribution in [0.5, 0.6) is 17.2 Å². The van der Waals surface area contributed by atoms with E-state index in [1.54, 1.807) is 18.2 Å². The van der Waals surface area contributed by atoms with Crippen molar-refractivity contribution in [1.82, 2.24) is 24.7 Å². The molecule has 0 bridgehead atoms. The quantitative estimate of drug-likeness (QED) is 0.317. The lowest BCUT2D eigenvalue weighted by Gasteiger charge is -2.13. The van der Waals surface area contributed by atoms with Crippen LogP contribution in [-0.4, -0.2) is 50.5 Å². The molecule has 0 fully saturated rings. The van der Waals surface area contributed by atoms with Gasteiger partial charge >= 0.3 is 0 Å². The smallest absolute Gasteiger partial charge is 0.298 e. The Labute approximate surface area is 163 Å². The van der Waals surface area contributed by atoms with Crippen LogP contribution in [0.3, 0.4) is 0 Å². The van der Waals surface area contributed by atoms with Crippen molar-refractivity contribution in [2.75, 3.05) is 11.8 Å². The number of phenols is 2. The molecule has 150 valence electrons. The second-order valence-corrected chi connectivity index (χ2v) is 7.24. The molecule has 12 nitrogen and oxygen atoms in total. The summed E-state index contributed by atoms with van der Waals surface area (Å²) in [5.41, 5.74) is 1.72. The monoisotopic (exact) mass is 417 g/mol. The number of benzene rings is 2. The Kier molecular flexibility index (Phi) is 4.24. The largest absolute Gasteiger partial charge is 0.507 e. The molecule has 0 aliphatic heterocycles. The first-order valence-corrected chi connectivity index (χ1v) is 9.62. The maximum Gasteiger partial charge on any atom is 0.298 e. The minimum atomic E-state index is -4.17. The van der Waals surface area contributed by atoms with Crippen LogP contribution in [0.2, 0.25) is 0 Å². The molecule has 13 heteroatoms. The normalized spacial score (nSPS) is 11.7. The highest BCUT2D eigenvalue weighted by Gasteiger charge is 2.23. The average molecular weight is 417 g/mol. The second kappa shape index (κ2) is 6.65. The van der Waals surface area contributed by atoms with Gasteiger partial charge in [-0.1, -0.05) is 6.07 Å². The van der Waals surface area contributed by atoms with Gasteiger partial charge in [-0.15, -0.1) is 10.2 Å². The number of aromatic nitrogens is 5. The number of imidazole rings is 1. The topological polar surface area (TPSA) is 181 Å². The molecule has 6 N–H and O–H groups in total. The number of nitrogens with two attached hydrogens (primary N) is 1. The van der Waals surface area contributed by atoms with Gasteiger partial charge in [0.25, 0.3) is 10.2 Å². The molecule has 0 radical (unpaired) electrons. The van der Waals surface area contributed by atoms with E-state index in [-0.39, 0.29) is 34.6 Å². The van der Waals surface area contributed by atoms with Gasteiger partial charge in [0.2, 0.25) is 5.95 Å². The van der Waals surface area contributed by atoms with E-state index in [0.29, 0.717) is 16.7 Å². The zero-order valence-corrected chi connectivity index (χ0v) is 15.7. The molecule has 0 saturated heterocycles. The fourth-order valence-corrected chi connectivity index (χ4v) is 3.30. The fraction of sp³-hybridized carbons (Fsp3) is 0.0625. The molecule has 0 atom stereocenters. The van der Waals surface area contributed by atoms with Gasteiger partial charge in [0.1, 0.15) is 11.3 Å². The van der Waals surface area contributed by atoms with Crippen molar-refractivity contribution in [3.8, 4) is 34.3 Å². The summed E-state index contributed by atoms with van der Waals surface area (Å²) in [6.45, 7) is 0. The number of rotatable bonds is 5. The molecule has 0 aliphatic rings. The summed E-state index contributed by atoms with van der Waals surface area (Å²) in [4.78, 5) is 7.20. The SMILES string of the molecule is COc1cc(-c2nnc(NS(N)(=O)=O)n2-c2cccc3[nH]cnc23)c(O)cc1O. The summed E-state index contributed by atoms with van der Waals surface area (Å²) in [7, 11) is -2.83. The number of fused-ring (bicyclic) bond motifs is 1. The molecule has 0 spiro atoms. The third-order valence-corrected chi connectivity index (χ3v) is 4.57. The predicted molar refractivity (Wildman–Crippen MR) is 103 cm³/mol. The maximum atomic E-state index is 11.6. The van der Waals surface area contributed by atoms with E-state index in [0.717, 1.165) is 6.07 Å². The van der Waals surface area contributed by atoms with E-state index in [2.05, 4.69) is 24.9 Å². The molecule has 2 heterocycles. The van der Waals surface area contributed by atoms with Crippen molar-refractivity contribution in [2.24, 2.45) is 5.14 Å². The molecule has 0 saturated carbocycles. The van der Waals surface area contributed by atoms with Gasteiger partial charge in [-0.25, -0.2) is 14.8 Å². The Bertz CT molecular complexity index is 1330. The van der Waals surface area contributed by atoms with E-state index in [1.807, 2.05) is 0 Å². The van der Waals surface area contributed by atoms with Crippen LogP contribution in [0.25, 0.3) is 28.1 Å². The first-order valence-electron chi connectivity index (χ1n) is 8.07. The Hall–Kier alpha value is -3.84. The zero-order chi connectivity index (χ0) is 20.8. The number of phenolic OH excluding ortho intramolecular Hbond substituents is 2. The summed E-state index contributed by atoms with van der Waals surface area (Å²) >= 11 is 0. The van der Waals surface area contributed by atoms with Gasteiger partial charge in [0.15, 0.2) is 17.3 Å². The third-order valence-electron chi connectivity index (χ3n) is 4.10. The summed E-state index contributed by atoms with van der Waals surface area (Å²) in [6.07, 6.45) is 1.48. The van der Waals surface area contributed by atoms with E-state index >= 15 is 0 Å². The third kappa shape index (κ3) is 3.28. The summed E-state index contributed by atoms with van der Waals surface area (Å²) < 4.78 is 31.7. The minimum Gasteiger partial charge on any atom is -0.507 e. The molecular formula is C16H15N7O5S. The van der Waals surface area contributed by atoms with Crippen LogP contribution in [-0.2, 0) is 10.2 Å². The maximum absolute atomic E-state index is 11.6. The van der Waals surface area contributed by atoms with Crippen LogP contribution in [0.1, 0.15) is 0 Å². The van der Waals surface area contributed by atoms with Crippen molar-refractivity contribution in [3.63, 3.8) is 0 Å². The number of aromatic amines is 1. The lowest BCUT2D eigenvalue weighted by Crippen LogP contribution is -2.24. The summed E-state index contributed by atoms with van der Waals surface area (Å²) in [5, 5.41) is 33.2. The van der Waals surface area contributed by atoms with Crippen molar-refractivity contribution in [2.45, 2.75) is 0 Å². The molecule has 2 aromatic heterocycles. The van der Waals surface area contributed by atoms with Gasteiger partial charge in [-0.05, 0) is 18.2 Å². The molecule has 0 aliphatic carbocycles. The molecule has 29 heavy (non-hydrogen) atoms. The Morgan fingerprint density at radius 1 is 1.21 bits per heavy atom. The van der Waals surface area contributed by atoms with Gasteiger partial charge in [-0.3, -0.25) is 4.57 Å². The molecule has 0 amide bonds. The number of para-hydroxylation sites is 1. The Balaban J connectivity index is 2.03. The zero-order valence-electron chi connectivity index (χ0n) is 14.9. The fourth-order valence-electron chi connectivity index (χ4n) is 2.91. The average Bonchev–Trinajstić information content (AvgIpc) is 3.27. The van der Waals surface area contributed by atoms with Crippen molar-refractivity contribution in [3.05, 3.63) is 36.7 Å². The highest BCUT2D eigenvalue weighted by atomic mass is 32.2. The number of hydrogen-bond acceptors (Lipinski definition) is 8. The standard InChI is InChI=1S/C16H15N7O5S/c1-28-13-5-8(11(24)6-12(13)25)15-20-21-16(22-29(17,26)27)23(15)10-4-2-3-9-14(10)19-7-18-9/h2-7,24-25H,1H3,(H,18,19)(H,21,22)(H2,17,26,27). The van der Waals surface area contributed by atoms with Crippen LogP contribution in [0.4, 0.5) is 5.95 Å². The van der Waals surface area contributed by atoms with Gasteiger partial charge in [0, 0.05) is 6.07 Å². The van der Waals surface area contributed by atoms with Gasteiger partial charge in [-0.2, -0.15) is 8.42 Å². The highest BCUT2D eigenvalue weighted by molar-refractivity contribution is 7.90. The van der Waals surface area contributed by atoms with Crippen LogP contribution >= 0.6 is 0 Å². The van der Waals surface area contributed by atoms with Crippen molar-refractivity contribution in [1.29, 1.82) is 0 Å². The van der Waals surface area contributed by atoms with Crippen molar-refractivity contribution < 1.29 is 23.4 Å². The molecule has 2 aromatic carbocycles. The van der Waals surface area contributed by atoms with Gasteiger partial charge < -0.3 is 19.9 Å². The van der Waals surface area contributed by atoms with Crippen LogP contribution in [0, 0.1) is 0 Å². The van der Waals surface area contributed by atoms with Gasteiger partial charge in [0.05, 0.1) is 30.2 Å². The highest BCUT2D eigenvalue weighted by Crippen LogP contribution is 2.40. The Morgan fingerprint density at radius 2 is 2.00 bits per heavy atom. The molecular weight excluding hydrogens is 402 g/mol. The lowest BCUT2D eigenvalue weighted by molar-refractivity contribution is 0.370. The first-order chi connectivity index (χ1) is 13.8. The number of hydrogen-bond donors (Lipinski definition) is 5. The number of anilines is 1. The number of ether oxygens (including phenoxy) is 1. The van der Waals surface area contributed by atoms with Crippen LogP contribution in [0.15, 0.2) is 36.7 Å². The number of nitrogens with zero attached hydrogens (tertiary/aromatic N) is 4. The molecule has 4 aromatic rings. The van der Waals surface area contributed by atoms with Crippen molar-refractivity contribution >= 4 is 27.2 Å². The first kappa shape index (κ1) is 18.5. The van der Waals surface area contributed by atoms with E-state index in [1.165, 1.54) is 24.1 Å². The predicted octanol–water partition coefficient (Wildman–Crippen LogP) is 0.846. The van der Waals surface area contributed by atoms with E-state index in [9.17, 15) is 18.6 Å². The molecule has 4 rings (SSSR count). The number of methoxy groups -OCH3 is 1. The summed E-state index contributed by atoms with van der Waals surface area (Å²) in [5.74, 6) is -0.691. The van der Waals surface area contributed by atoms with Crippen LogP contribution < -0.4 is 14.6 Å². The number of aromatic hydroxyl groups is 2. The Morgan fingerprint density at radius 3 is 2.72 bits per heavy atom. The number of nitrogens with one attached hydrogen (secondary N) is 2. The molecule has 0 unspecified atom stereocenters. The summed E-state index contributed by atoms with van der Waals surface area (Å²) in [6, 6.07) is 7.59. The number of H-pyrrole nitrogens is 1. The lowest BCUT2D eigenvalue weighted by atomic mass is 10.1. The second-order valence-electron chi connectivity index (χ2n) is 5.95. The minimum absolute atomic E-state index is 0.0578. The van der Waals surface area contributed by atoms with E-state index in [4.69, 9.17) is 9.88 Å².